The highest BCUT2D eigenvalue weighted by atomic mass is 32.1. The van der Waals surface area contributed by atoms with Gasteiger partial charge in [-0.15, -0.1) is 10.2 Å². The normalized spacial score (nSPS) is 18.0. The van der Waals surface area contributed by atoms with Crippen molar-refractivity contribution in [2.75, 3.05) is 11.9 Å². The lowest BCUT2D eigenvalue weighted by Crippen LogP contribution is -2.20. The smallest absolute Gasteiger partial charge is 0.206 e. The van der Waals surface area contributed by atoms with Crippen molar-refractivity contribution in [3.63, 3.8) is 0 Å². The van der Waals surface area contributed by atoms with E-state index in [-0.39, 0.29) is 6.04 Å². The molecule has 2 aromatic rings. The van der Waals surface area contributed by atoms with Gasteiger partial charge in [0.1, 0.15) is 10.8 Å². The fraction of sp³-hybridized carbons (Fsp3) is 0.385. The van der Waals surface area contributed by atoms with E-state index in [2.05, 4.69) is 34.6 Å². The third-order valence-corrected chi connectivity index (χ3v) is 3.80. The van der Waals surface area contributed by atoms with E-state index in [1.807, 2.05) is 13.0 Å². The van der Waals surface area contributed by atoms with Crippen LogP contribution in [0.3, 0.4) is 0 Å². The average molecular weight is 261 g/mol. The molecule has 18 heavy (non-hydrogen) atoms. The van der Waals surface area contributed by atoms with Crippen LogP contribution in [0.4, 0.5) is 5.13 Å². The summed E-state index contributed by atoms with van der Waals surface area (Å²) in [7, 11) is 0. The van der Waals surface area contributed by atoms with Crippen molar-refractivity contribution in [2.45, 2.75) is 26.3 Å². The zero-order chi connectivity index (χ0) is 12.5. The lowest BCUT2D eigenvalue weighted by Gasteiger charge is -2.26. The van der Waals surface area contributed by atoms with Gasteiger partial charge in [0, 0.05) is 12.0 Å². The Morgan fingerprint density at radius 1 is 1.33 bits per heavy atom. The predicted octanol–water partition coefficient (Wildman–Crippen LogP) is 3.09. The Kier molecular flexibility index (Phi) is 2.91. The number of aryl methyl sites for hydroxylation is 2. The summed E-state index contributed by atoms with van der Waals surface area (Å²) >= 11 is 1.59. The third kappa shape index (κ3) is 2.18. The highest BCUT2D eigenvalue weighted by Crippen LogP contribution is 2.35. The van der Waals surface area contributed by atoms with Crippen molar-refractivity contribution >= 4 is 16.5 Å². The second-order valence-electron chi connectivity index (χ2n) is 4.50. The number of hydrogen-bond donors (Lipinski definition) is 1. The van der Waals surface area contributed by atoms with E-state index >= 15 is 0 Å². The molecule has 0 amide bonds. The second-order valence-corrected chi connectivity index (χ2v) is 5.68. The van der Waals surface area contributed by atoms with Crippen LogP contribution < -0.4 is 10.1 Å². The van der Waals surface area contributed by atoms with Gasteiger partial charge in [0.05, 0.1) is 12.6 Å². The Labute approximate surface area is 110 Å². The van der Waals surface area contributed by atoms with Gasteiger partial charge in [0.2, 0.25) is 5.13 Å². The highest BCUT2D eigenvalue weighted by molar-refractivity contribution is 7.15. The zero-order valence-electron chi connectivity index (χ0n) is 10.4. The molecule has 2 heterocycles. The first-order valence-electron chi connectivity index (χ1n) is 6.02. The van der Waals surface area contributed by atoms with Gasteiger partial charge in [-0.05, 0) is 19.9 Å². The molecule has 1 aliphatic rings. The van der Waals surface area contributed by atoms with E-state index in [0.717, 1.165) is 28.9 Å². The Balaban J connectivity index is 1.88. The molecular weight excluding hydrogens is 246 g/mol. The molecule has 94 valence electrons. The lowest BCUT2D eigenvalue weighted by atomic mass is 9.99. The largest absolute Gasteiger partial charge is 0.493 e. The monoisotopic (exact) mass is 261 g/mol. The van der Waals surface area contributed by atoms with Crippen molar-refractivity contribution < 1.29 is 4.74 Å². The summed E-state index contributed by atoms with van der Waals surface area (Å²) in [5.74, 6) is 0.977. The number of aromatic nitrogens is 2. The van der Waals surface area contributed by atoms with Gasteiger partial charge >= 0.3 is 0 Å². The first kappa shape index (κ1) is 11.5. The van der Waals surface area contributed by atoms with E-state index in [0.29, 0.717) is 0 Å². The average Bonchev–Trinajstić information content (AvgIpc) is 2.76. The molecule has 0 radical (unpaired) electrons. The Morgan fingerprint density at radius 3 is 3.00 bits per heavy atom. The maximum absolute atomic E-state index is 5.68. The van der Waals surface area contributed by atoms with Crippen molar-refractivity contribution in [2.24, 2.45) is 0 Å². The molecule has 0 saturated carbocycles. The molecule has 1 N–H and O–H groups in total. The van der Waals surface area contributed by atoms with Crippen LogP contribution in [0.5, 0.6) is 5.75 Å². The highest BCUT2D eigenvalue weighted by Gasteiger charge is 2.22. The van der Waals surface area contributed by atoms with Crippen molar-refractivity contribution in [3.8, 4) is 5.75 Å². The fourth-order valence-electron chi connectivity index (χ4n) is 2.17. The van der Waals surface area contributed by atoms with E-state index in [9.17, 15) is 0 Å². The summed E-state index contributed by atoms with van der Waals surface area (Å²) in [4.78, 5) is 0. The van der Waals surface area contributed by atoms with Crippen LogP contribution in [0.25, 0.3) is 0 Å². The van der Waals surface area contributed by atoms with E-state index in [1.54, 1.807) is 11.3 Å². The number of nitrogens with zero attached hydrogens (tertiary/aromatic N) is 2. The quantitative estimate of drug-likeness (QED) is 0.902. The number of hydrogen-bond acceptors (Lipinski definition) is 5. The summed E-state index contributed by atoms with van der Waals surface area (Å²) in [6.07, 6.45) is 0.953. The molecule has 0 fully saturated rings. The minimum Gasteiger partial charge on any atom is -0.493 e. The van der Waals surface area contributed by atoms with Crippen molar-refractivity contribution in [1.82, 2.24) is 10.2 Å². The standard InChI is InChI=1S/C13H15N3OS/c1-8-3-4-12-10(7-8)11(5-6-17-12)14-13-16-15-9(2)18-13/h3-4,7,11H,5-6H2,1-2H3,(H,14,16). The maximum atomic E-state index is 5.68. The van der Waals surface area contributed by atoms with Crippen LogP contribution in [0.1, 0.15) is 28.6 Å². The Morgan fingerprint density at radius 2 is 2.22 bits per heavy atom. The first-order chi connectivity index (χ1) is 8.72. The predicted molar refractivity (Wildman–Crippen MR) is 72.3 cm³/mol. The molecule has 1 unspecified atom stereocenters. The maximum Gasteiger partial charge on any atom is 0.206 e. The number of nitrogens with one attached hydrogen (secondary N) is 1. The van der Waals surface area contributed by atoms with Crippen LogP contribution in [0.15, 0.2) is 18.2 Å². The molecule has 1 aliphatic heterocycles. The molecule has 5 heteroatoms. The molecule has 3 rings (SSSR count). The fourth-order valence-corrected chi connectivity index (χ4v) is 2.81. The molecule has 0 saturated heterocycles. The number of benzene rings is 1. The molecule has 0 aliphatic carbocycles. The van der Waals surface area contributed by atoms with Gasteiger partial charge in [0.25, 0.3) is 0 Å². The molecule has 4 nitrogen and oxygen atoms in total. The van der Waals surface area contributed by atoms with Crippen molar-refractivity contribution in [1.29, 1.82) is 0 Å². The van der Waals surface area contributed by atoms with Crippen LogP contribution >= 0.6 is 11.3 Å². The number of fused-ring (bicyclic) bond motifs is 1. The lowest BCUT2D eigenvalue weighted by molar-refractivity contribution is 0.274. The van der Waals surface area contributed by atoms with Gasteiger partial charge in [-0.1, -0.05) is 29.0 Å². The topological polar surface area (TPSA) is 47.0 Å². The summed E-state index contributed by atoms with van der Waals surface area (Å²) in [5, 5.41) is 13.5. The zero-order valence-corrected chi connectivity index (χ0v) is 11.3. The van der Waals surface area contributed by atoms with Crippen LogP contribution in [-0.2, 0) is 0 Å². The van der Waals surface area contributed by atoms with E-state index in [1.165, 1.54) is 11.1 Å². The summed E-state index contributed by atoms with van der Waals surface area (Å²) in [6, 6.07) is 6.57. The third-order valence-electron chi connectivity index (χ3n) is 3.03. The number of rotatable bonds is 2. The minimum atomic E-state index is 0.265. The van der Waals surface area contributed by atoms with Crippen LogP contribution in [0, 0.1) is 13.8 Å². The first-order valence-corrected chi connectivity index (χ1v) is 6.84. The van der Waals surface area contributed by atoms with Gasteiger partial charge in [-0.3, -0.25) is 0 Å². The molecule has 1 aromatic heterocycles. The number of ether oxygens (including phenoxy) is 1. The molecular formula is C13H15N3OS. The Hall–Kier alpha value is -1.62. The van der Waals surface area contributed by atoms with Crippen LogP contribution in [-0.4, -0.2) is 16.8 Å². The number of anilines is 1. The van der Waals surface area contributed by atoms with E-state index < -0.39 is 0 Å². The molecule has 0 spiro atoms. The van der Waals surface area contributed by atoms with Crippen LogP contribution in [0.2, 0.25) is 0 Å². The van der Waals surface area contributed by atoms with Gasteiger partial charge < -0.3 is 10.1 Å². The molecule has 0 bridgehead atoms. The summed E-state index contributed by atoms with van der Waals surface area (Å²) in [6.45, 7) is 4.80. The van der Waals surface area contributed by atoms with Crippen molar-refractivity contribution in [3.05, 3.63) is 34.3 Å². The van der Waals surface area contributed by atoms with E-state index in [4.69, 9.17) is 4.74 Å². The molecule has 1 aromatic carbocycles. The summed E-state index contributed by atoms with van der Waals surface area (Å²) < 4.78 is 5.68. The molecule has 1 atom stereocenters. The minimum absolute atomic E-state index is 0.265. The van der Waals surface area contributed by atoms with Gasteiger partial charge in [-0.2, -0.15) is 0 Å². The summed E-state index contributed by atoms with van der Waals surface area (Å²) in [5.41, 5.74) is 2.47. The van der Waals surface area contributed by atoms with Gasteiger partial charge in [-0.25, -0.2) is 0 Å². The second kappa shape index (κ2) is 4.57. The Bertz CT molecular complexity index is 567. The van der Waals surface area contributed by atoms with Gasteiger partial charge in [0.15, 0.2) is 0 Å². The SMILES string of the molecule is Cc1ccc2c(c1)C(Nc1nnc(C)s1)CCO2.